The van der Waals surface area contributed by atoms with E-state index in [9.17, 15) is 5.11 Å². The lowest BCUT2D eigenvalue weighted by atomic mass is 10.2. The first-order chi connectivity index (χ1) is 10.3. The molecule has 21 heavy (non-hydrogen) atoms. The van der Waals surface area contributed by atoms with Gasteiger partial charge in [0.2, 0.25) is 0 Å². The molecule has 0 saturated heterocycles. The molecule has 6 heteroatoms. The van der Waals surface area contributed by atoms with E-state index < -0.39 is 6.10 Å². The Hall–Kier alpha value is -2.21. The molecule has 0 saturated carbocycles. The lowest BCUT2D eigenvalue weighted by Crippen LogP contribution is -2.21. The molecular weight excluding hydrogens is 266 g/mol. The highest BCUT2D eigenvalue weighted by Gasteiger charge is 2.13. The first-order valence-electron chi connectivity index (χ1n) is 7.22. The number of nitrogens with zero attached hydrogens (tertiary/aromatic N) is 5. The van der Waals surface area contributed by atoms with Gasteiger partial charge in [0.1, 0.15) is 12.2 Å². The van der Waals surface area contributed by atoms with Crippen LogP contribution >= 0.6 is 0 Å². The monoisotopic (exact) mass is 285 g/mol. The Kier molecular flexibility index (Phi) is 3.96. The van der Waals surface area contributed by atoms with Crippen molar-refractivity contribution in [2.45, 2.75) is 39.0 Å². The third kappa shape index (κ3) is 2.95. The van der Waals surface area contributed by atoms with Gasteiger partial charge in [-0.3, -0.25) is 4.68 Å². The number of aliphatic hydroxyl groups is 1. The third-order valence-electron chi connectivity index (χ3n) is 3.48. The first kappa shape index (κ1) is 13.8. The normalized spacial score (nSPS) is 12.9. The Morgan fingerprint density at radius 3 is 2.95 bits per heavy atom. The van der Waals surface area contributed by atoms with Gasteiger partial charge in [-0.15, -0.1) is 0 Å². The highest BCUT2D eigenvalue weighted by atomic mass is 16.3. The zero-order valence-corrected chi connectivity index (χ0v) is 12.1. The number of hydrogen-bond donors (Lipinski definition) is 1. The molecule has 0 aliphatic carbocycles. The van der Waals surface area contributed by atoms with Crippen LogP contribution in [-0.4, -0.2) is 35.5 Å². The van der Waals surface area contributed by atoms with E-state index >= 15 is 0 Å². The molecule has 1 unspecified atom stereocenters. The number of aryl methyl sites for hydroxylation is 1. The van der Waals surface area contributed by atoms with Crippen LogP contribution in [0.1, 0.15) is 19.2 Å². The predicted molar refractivity (Wildman–Crippen MR) is 79.8 cm³/mol. The number of fused-ring (bicyclic) bond motifs is 1. The van der Waals surface area contributed by atoms with E-state index in [1.54, 1.807) is 12.7 Å². The van der Waals surface area contributed by atoms with Crippen LogP contribution in [-0.2, 0) is 19.5 Å². The minimum absolute atomic E-state index is 0.493. The number of aliphatic hydroxyl groups excluding tert-OH is 1. The van der Waals surface area contributed by atoms with Crippen LogP contribution in [0.3, 0.4) is 0 Å². The highest BCUT2D eigenvalue weighted by molar-refractivity contribution is 5.74. The summed E-state index contributed by atoms with van der Waals surface area (Å²) in [5, 5.41) is 14.5. The van der Waals surface area contributed by atoms with Gasteiger partial charge in [0.05, 0.1) is 30.0 Å². The molecule has 3 aromatic rings. The zero-order valence-electron chi connectivity index (χ0n) is 12.1. The maximum Gasteiger partial charge on any atom is 0.138 e. The van der Waals surface area contributed by atoms with Gasteiger partial charge in [0, 0.05) is 13.0 Å². The Balaban J connectivity index is 1.71. The van der Waals surface area contributed by atoms with Gasteiger partial charge in [-0.1, -0.05) is 19.1 Å². The summed E-state index contributed by atoms with van der Waals surface area (Å²) in [6.45, 7) is 3.43. The number of imidazole rings is 1. The van der Waals surface area contributed by atoms with Gasteiger partial charge >= 0.3 is 0 Å². The Morgan fingerprint density at radius 1 is 1.24 bits per heavy atom. The number of para-hydroxylation sites is 2. The number of aromatic nitrogens is 5. The van der Waals surface area contributed by atoms with Crippen molar-refractivity contribution >= 4 is 11.0 Å². The predicted octanol–water partition coefficient (Wildman–Crippen LogP) is 1.64. The molecule has 0 aliphatic heterocycles. The van der Waals surface area contributed by atoms with Gasteiger partial charge in [0.15, 0.2) is 0 Å². The Bertz CT molecular complexity index is 718. The summed E-state index contributed by atoms with van der Waals surface area (Å²) in [4.78, 5) is 8.57. The molecule has 0 fully saturated rings. The van der Waals surface area contributed by atoms with Crippen LogP contribution in [0.15, 0.2) is 36.9 Å². The Labute approximate surface area is 123 Å². The molecule has 0 aliphatic rings. The highest BCUT2D eigenvalue weighted by Crippen LogP contribution is 2.13. The van der Waals surface area contributed by atoms with Crippen molar-refractivity contribution in [3.63, 3.8) is 0 Å². The van der Waals surface area contributed by atoms with Crippen molar-refractivity contribution in [1.29, 1.82) is 0 Å². The quantitative estimate of drug-likeness (QED) is 0.747. The summed E-state index contributed by atoms with van der Waals surface area (Å²) in [6.07, 6.45) is 4.29. The molecule has 2 heterocycles. The molecule has 0 amide bonds. The molecule has 0 radical (unpaired) electrons. The second-order valence-electron chi connectivity index (χ2n) is 5.14. The minimum Gasteiger partial charge on any atom is -0.391 e. The van der Waals surface area contributed by atoms with Crippen molar-refractivity contribution < 1.29 is 5.11 Å². The van der Waals surface area contributed by atoms with E-state index in [1.807, 2.05) is 33.5 Å². The van der Waals surface area contributed by atoms with Crippen LogP contribution in [0, 0.1) is 0 Å². The van der Waals surface area contributed by atoms with E-state index in [-0.39, 0.29) is 0 Å². The van der Waals surface area contributed by atoms with E-state index in [2.05, 4.69) is 22.0 Å². The second kappa shape index (κ2) is 6.05. The fourth-order valence-electron chi connectivity index (χ4n) is 2.50. The van der Waals surface area contributed by atoms with Crippen LogP contribution in [0.25, 0.3) is 11.0 Å². The number of hydrogen-bond acceptors (Lipinski definition) is 4. The van der Waals surface area contributed by atoms with Crippen molar-refractivity contribution in [2.24, 2.45) is 0 Å². The smallest absolute Gasteiger partial charge is 0.138 e. The van der Waals surface area contributed by atoms with Gasteiger partial charge in [0.25, 0.3) is 0 Å². The summed E-state index contributed by atoms with van der Waals surface area (Å²) in [6, 6.07) is 7.92. The molecule has 0 bridgehead atoms. The summed E-state index contributed by atoms with van der Waals surface area (Å²) < 4.78 is 3.83. The zero-order chi connectivity index (χ0) is 14.7. The molecule has 6 nitrogen and oxygen atoms in total. The number of rotatable bonds is 6. The standard InChI is InChI=1S/C15H19N5O/c1-2-7-20-15(16-10-18-20)8-12(21)9-19-11-17-13-5-3-4-6-14(13)19/h3-6,10-12,21H,2,7-9H2,1H3. The van der Waals surface area contributed by atoms with Crippen molar-refractivity contribution in [3.8, 4) is 0 Å². The van der Waals surface area contributed by atoms with Crippen LogP contribution in [0.5, 0.6) is 0 Å². The van der Waals surface area contributed by atoms with Crippen molar-refractivity contribution in [1.82, 2.24) is 24.3 Å². The molecule has 110 valence electrons. The van der Waals surface area contributed by atoms with Crippen LogP contribution in [0.4, 0.5) is 0 Å². The maximum atomic E-state index is 10.3. The summed E-state index contributed by atoms with van der Waals surface area (Å²) in [5.41, 5.74) is 1.98. The van der Waals surface area contributed by atoms with Crippen LogP contribution in [0.2, 0.25) is 0 Å². The van der Waals surface area contributed by atoms with E-state index in [1.165, 1.54) is 0 Å². The largest absolute Gasteiger partial charge is 0.391 e. The molecule has 2 aromatic heterocycles. The van der Waals surface area contributed by atoms with E-state index in [0.717, 1.165) is 29.8 Å². The first-order valence-corrected chi connectivity index (χ1v) is 7.22. The maximum absolute atomic E-state index is 10.3. The van der Waals surface area contributed by atoms with Crippen molar-refractivity contribution in [2.75, 3.05) is 0 Å². The average molecular weight is 285 g/mol. The molecule has 1 atom stereocenters. The molecule has 3 rings (SSSR count). The number of benzene rings is 1. The van der Waals surface area contributed by atoms with Gasteiger partial charge in [-0.25, -0.2) is 9.97 Å². The SMILES string of the molecule is CCCn1ncnc1CC(O)Cn1cnc2ccccc21. The molecule has 0 spiro atoms. The minimum atomic E-state index is -0.512. The fourth-order valence-corrected chi connectivity index (χ4v) is 2.50. The summed E-state index contributed by atoms with van der Waals surface area (Å²) >= 11 is 0. The fraction of sp³-hybridized carbons (Fsp3) is 0.400. The van der Waals surface area contributed by atoms with Crippen molar-refractivity contribution in [3.05, 3.63) is 42.7 Å². The van der Waals surface area contributed by atoms with Gasteiger partial charge < -0.3 is 9.67 Å². The second-order valence-corrected chi connectivity index (χ2v) is 5.14. The Morgan fingerprint density at radius 2 is 2.10 bits per heavy atom. The van der Waals surface area contributed by atoms with E-state index in [4.69, 9.17) is 0 Å². The molecule has 1 aromatic carbocycles. The molecular formula is C15H19N5O. The summed E-state index contributed by atoms with van der Waals surface area (Å²) in [7, 11) is 0. The summed E-state index contributed by atoms with van der Waals surface area (Å²) in [5.74, 6) is 0.828. The lowest BCUT2D eigenvalue weighted by Gasteiger charge is -2.12. The lowest BCUT2D eigenvalue weighted by molar-refractivity contribution is 0.151. The third-order valence-corrected chi connectivity index (χ3v) is 3.48. The van der Waals surface area contributed by atoms with Crippen LogP contribution < -0.4 is 0 Å². The van der Waals surface area contributed by atoms with Gasteiger partial charge in [-0.2, -0.15) is 5.10 Å². The molecule has 1 N–H and O–H groups in total. The average Bonchev–Trinajstić information content (AvgIpc) is 3.08. The van der Waals surface area contributed by atoms with E-state index in [0.29, 0.717) is 13.0 Å². The topological polar surface area (TPSA) is 68.8 Å². The van der Waals surface area contributed by atoms with Gasteiger partial charge in [-0.05, 0) is 18.6 Å².